The molecule has 0 aliphatic rings. The third-order valence-corrected chi connectivity index (χ3v) is 3.06. The van der Waals surface area contributed by atoms with Gasteiger partial charge < -0.3 is 10.4 Å². The van der Waals surface area contributed by atoms with Gasteiger partial charge in [0.25, 0.3) is 0 Å². The van der Waals surface area contributed by atoms with Crippen LogP contribution in [0, 0.1) is 25.2 Å². The molecule has 4 nitrogen and oxygen atoms in total. The first-order chi connectivity index (χ1) is 9.52. The number of carboxylic acid groups (broad SMARTS) is 1. The Morgan fingerprint density at radius 1 is 1.20 bits per heavy atom. The van der Waals surface area contributed by atoms with E-state index in [1.165, 1.54) is 0 Å². The summed E-state index contributed by atoms with van der Waals surface area (Å²) in [4.78, 5) is 11.3. The zero-order valence-corrected chi connectivity index (χ0v) is 11.3. The van der Waals surface area contributed by atoms with Crippen LogP contribution in [0.25, 0.3) is 0 Å². The monoisotopic (exact) mass is 266 g/mol. The first-order valence-corrected chi connectivity index (χ1v) is 6.13. The van der Waals surface area contributed by atoms with Gasteiger partial charge in [-0.15, -0.1) is 0 Å². The molecule has 0 bridgehead atoms. The molecule has 0 radical (unpaired) electrons. The molecule has 0 aliphatic carbocycles. The van der Waals surface area contributed by atoms with Gasteiger partial charge in [-0.05, 0) is 37.6 Å². The number of anilines is 2. The molecule has 100 valence electrons. The summed E-state index contributed by atoms with van der Waals surface area (Å²) in [5.41, 5.74) is 3.52. The highest BCUT2D eigenvalue weighted by molar-refractivity contribution is 5.95. The van der Waals surface area contributed by atoms with Crippen molar-refractivity contribution in [1.29, 1.82) is 5.26 Å². The number of benzene rings is 2. The minimum Gasteiger partial charge on any atom is -0.478 e. The molecule has 0 aromatic heterocycles. The summed E-state index contributed by atoms with van der Waals surface area (Å²) in [6, 6.07) is 12.7. The second-order valence-electron chi connectivity index (χ2n) is 4.59. The fourth-order valence-electron chi connectivity index (χ4n) is 2.01. The molecule has 0 atom stereocenters. The van der Waals surface area contributed by atoms with Gasteiger partial charge in [-0.1, -0.05) is 23.8 Å². The van der Waals surface area contributed by atoms with Crippen LogP contribution in [0.5, 0.6) is 0 Å². The van der Waals surface area contributed by atoms with Gasteiger partial charge in [-0.2, -0.15) is 5.26 Å². The van der Waals surface area contributed by atoms with Gasteiger partial charge >= 0.3 is 5.97 Å². The van der Waals surface area contributed by atoms with E-state index in [0.29, 0.717) is 16.9 Å². The molecule has 2 aromatic carbocycles. The Balaban J connectivity index is 2.49. The third kappa shape index (κ3) is 2.62. The summed E-state index contributed by atoms with van der Waals surface area (Å²) in [6.07, 6.45) is 0. The first-order valence-electron chi connectivity index (χ1n) is 6.13. The maximum atomic E-state index is 11.3. The average Bonchev–Trinajstić information content (AvgIpc) is 2.41. The molecule has 4 heteroatoms. The van der Waals surface area contributed by atoms with E-state index in [2.05, 4.69) is 11.4 Å². The Kier molecular flexibility index (Phi) is 3.72. The summed E-state index contributed by atoms with van der Waals surface area (Å²) in [6.45, 7) is 3.68. The van der Waals surface area contributed by atoms with Gasteiger partial charge in [-0.3, -0.25) is 0 Å². The number of aryl methyl sites for hydroxylation is 2. The molecule has 0 aliphatic heterocycles. The minimum atomic E-state index is -0.998. The largest absolute Gasteiger partial charge is 0.478 e. The van der Waals surface area contributed by atoms with E-state index < -0.39 is 5.97 Å². The molecular weight excluding hydrogens is 252 g/mol. The summed E-state index contributed by atoms with van der Waals surface area (Å²) in [5.74, 6) is -0.998. The number of nitriles is 1. The lowest BCUT2D eigenvalue weighted by molar-refractivity contribution is 0.0698. The Morgan fingerprint density at radius 2 is 1.95 bits per heavy atom. The quantitative estimate of drug-likeness (QED) is 0.889. The molecule has 0 amide bonds. The van der Waals surface area contributed by atoms with Crippen molar-refractivity contribution in [2.24, 2.45) is 0 Å². The van der Waals surface area contributed by atoms with Crippen molar-refractivity contribution in [3.05, 3.63) is 58.7 Å². The summed E-state index contributed by atoms with van der Waals surface area (Å²) < 4.78 is 0. The molecule has 2 rings (SSSR count). The lowest BCUT2D eigenvalue weighted by atomic mass is 10.1. The number of carboxylic acids is 1. The molecular formula is C16H14N2O2. The van der Waals surface area contributed by atoms with E-state index >= 15 is 0 Å². The zero-order chi connectivity index (χ0) is 14.7. The summed E-state index contributed by atoms with van der Waals surface area (Å²) >= 11 is 0. The second kappa shape index (κ2) is 5.45. The van der Waals surface area contributed by atoms with Crippen LogP contribution in [-0.4, -0.2) is 11.1 Å². The smallest absolute Gasteiger partial charge is 0.337 e. The highest BCUT2D eigenvalue weighted by Crippen LogP contribution is 2.26. The molecule has 0 saturated carbocycles. The van der Waals surface area contributed by atoms with Crippen molar-refractivity contribution in [2.45, 2.75) is 13.8 Å². The zero-order valence-electron chi connectivity index (χ0n) is 11.3. The number of nitrogens with zero attached hydrogens (tertiary/aromatic N) is 1. The Hall–Kier alpha value is -2.80. The lowest BCUT2D eigenvalue weighted by Crippen LogP contribution is -2.04. The number of hydrogen-bond acceptors (Lipinski definition) is 3. The fourth-order valence-corrected chi connectivity index (χ4v) is 2.01. The van der Waals surface area contributed by atoms with Crippen molar-refractivity contribution in [2.75, 3.05) is 5.32 Å². The molecule has 0 heterocycles. The minimum absolute atomic E-state index is 0.190. The standard InChI is InChI=1S/C16H14N2O2/c1-10-6-7-15(12(8-10)16(19)20)18-14-5-3-4-11(2)13(14)9-17/h3-8,18H,1-2H3,(H,19,20). The van der Waals surface area contributed by atoms with E-state index in [9.17, 15) is 15.2 Å². The van der Waals surface area contributed by atoms with Crippen LogP contribution in [0.4, 0.5) is 11.4 Å². The van der Waals surface area contributed by atoms with Crippen LogP contribution in [0.3, 0.4) is 0 Å². The maximum Gasteiger partial charge on any atom is 0.337 e. The molecule has 0 saturated heterocycles. The van der Waals surface area contributed by atoms with E-state index in [0.717, 1.165) is 11.1 Å². The van der Waals surface area contributed by atoms with Crippen LogP contribution in [-0.2, 0) is 0 Å². The van der Waals surface area contributed by atoms with Gasteiger partial charge in [0, 0.05) is 0 Å². The number of rotatable bonds is 3. The second-order valence-corrected chi connectivity index (χ2v) is 4.59. The normalized spacial score (nSPS) is 9.85. The van der Waals surface area contributed by atoms with Crippen LogP contribution in [0.15, 0.2) is 36.4 Å². The van der Waals surface area contributed by atoms with Crippen LogP contribution in [0.2, 0.25) is 0 Å². The van der Waals surface area contributed by atoms with Gasteiger partial charge in [-0.25, -0.2) is 4.79 Å². The van der Waals surface area contributed by atoms with E-state index in [1.807, 2.05) is 32.0 Å². The fraction of sp³-hybridized carbons (Fsp3) is 0.125. The summed E-state index contributed by atoms with van der Waals surface area (Å²) in [7, 11) is 0. The molecule has 0 spiro atoms. The average molecular weight is 266 g/mol. The Bertz CT molecular complexity index is 715. The highest BCUT2D eigenvalue weighted by atomic mass is 16.4. The number of carbonyl (C=O) groups is 1. The third-order valence-electron chi connectivity index (χ3n) is 3.06. The van der Waals surface area contributed by atoms with Gasteiger partial charge in [0.05, 0.1) is 22.5 Å². The van der Waals surface area contributed by atoms with Crippen LogP contribution >= 0.6 is 0 Å². The van der Waals surface area contributed by atoms with Gasteiger partial charge in [0.15, 0.2) is 0 Å². The topological polar surface area (TPSA) is 73.1 Å². The molecule has 0 unspecified atom stereocenters. The SMILES string of the molecule is Cc1ccc(Nc2cccc(C)c2C#N)c(C(=O)O)c1. The van der Waals surface area contributed by atoms with Crippen LogP contribution < -0.4 is 5.32 Å². The Morgan fingerprint density at radius 3 is 2.60 bits per heavy atom. The van der Waals surface area contributed by atoms with E-state index in [4.69, 9.17) is 0 Å². The lowest BCUT2D eigenvalue weighted by Gasteiger charge is -2.12. The van der Waals surface area contributed by atoms with Crippen molar-refractivity contribution >= 4 is 17.3 Å². The van der Waals surface area contributed by atoms with Crippen molar-refractivity contribution < 1.29 is 9.90 Å². The number of aromatic carboxylic acids is 1. The van der Waals surface area contributed by atoms with E-state index in [1.54, 1.807) is 18.2 Å². The summed E-state index contributed by atoms with van der Waals surface area (Å²) in [5, 5.41) is 21.5. The highest BCUT2D eigenvalue weighted by Gasteiger charge is 2.12. The van der Waals surface area contributed by atoms with E-state index in [-0.39, 0.29) is 5.56 Å². The van der Waals surface area contributed by atoms with Crippen LogP contribution in [0.1, 0.15) is 27.0 Å². The van der Waals surface area contributed by atoms with Gasteiger partial charge in [0.2, 0.25) is 0 Å². The predicted octanol–water partition coefficient (Wildman–Crippen LogP) is 3.62. The van der Waals surface area contributed by atoms with Crippen molar-refractivity contribution in [3.8, 4) is 6.07 Å². The maximum absolute atomic E-state index is 11.3. The van der Waals surface area contributed by atoms with Gasteiger partial charge in [0.1, 0.15) is 6.07 Å². The first kappa shape index (κ1) is 13.6. The molecule has 2 aromatic rings. The number of hydrogen-bond donors (Lipinski definition) is 2. The molecule has 20 heavy (non-hydrogen) atoms. The Labute approximate surface area is 117 Å². The number of nitrogens with one attached hydrogen (secondary N) is 1. The van der Waals surface area contributed by atoms with Crippen molar-refractivity contribution in [3.63, 3.8) is 0 Å². The molecule has 0 fully saturated rings. The predicted molar refractivity (Wildman–Crippen MR) is 77.3 cm³/mol. The van der Waals surface area contributed by atoms with Crippen molar-refractivity contribution in [1.82, 2.24) is 0 Å². The molecule has 2 N–H and O–H groups in total.